The summed E-state index contributed by atoms with van der Waals surface area (Å²) < 4.78 is 0. The quantitative estimate of drug-likeness (QED) is 0.592. The first-order valence-electron chi connectivity index (χ1n) is 5.41. The fourth-order valence-corrected chi connectivity index (χ4v) is 2.10. The van der Waals surface area contributed by atoms with Gasteiger partial charge in [-0.3, -0.25) is 4.90 Å². The number of nitrogens with zero attached hydrogens (tertiary/aromatic N) is 1. The van der Waals surface area contributed by atoms with Gasteiger partial charge in [-0.05, 0) is 38.9 Å². The third kappa shape index (κ3) is 2.46. The molecular formula is C10H22N2. The first-order valence-corrected chi connectivity index (χ1v) is 5.41. The molecule has 2 saturated heterocycles. The molecule has 0 aliphatic carbocycles. The second-order valence-electron chi connectivity index (χ2n) is 3.39. The highest BCUT2D eigenvalue weighted by Crippen LogP contribution is 2.17. The average molecular weight is 170 g/mol. The molecule has 2 nitrogen and oxygen atoms in total. The molecule has 1 atom stereocenters. The molecule has 0 amide bonds. The van der Waals surface area contributed by atoms with Crippen molar-refractivity contribution in [3.63, 3.8) is 0 Å². The standard InChI is InChI=1S/C8H16N2.C2H6/c1-3-8-7-9-4-2-6-10(8)5-1;1-2/h8-9H,1-7H2;1-2H3. The molecule has 12 heavy (non-hydrogen) atoms. The largest absolute Gasteiger partial charge is 0.315 e. The maximum Gasteiger partial charge on any atom is 0.0221 e. The third-order valence-corrected chi connectivity index (χ3v) is 2.68. The molecule has 0 aromatic carbocycles. The molecule has 2 heteroatoms. The van der Waals surface area contributed by atoms with E-state index in [0.717, 1.165) is 6.04 Å². The summed E-state index contributed by atoms with van der Waals surface area (Å²) in [6, 6.07) is 0.877. The van der Waals surface area contributed by atoms with E-state index in [1.54, 1.807) is 0 Å². The zero-order chi connectivity index (χ0) is 8.81. The van der Waals surface area contributed by atoms with E-state index in [1.807, 2.05) is 13.8 Å². The van der Waals surface area contributed by atoms with E-state index in [-0.39, 0.29) is 0 Å². The monoisotopic (exact) mass is 170 g/mol. The minimum absolute atomic E-state index is 0.877. The van der Waals surface area contributed by atoms with Crippen LogP contribution in [0.4, 0.5) is 0 Å². The number of rotatable bonds is 0. The van der Waals surface area contributed by atoms with Crippen LogP contribution < -0.4 is 5.32 Å². The molecule has 2 aliphatic heterocycles. The van der Waals surface area contributed by atoms with Crippen LogP contribution >= 0.6 is 0 Å². The Hall–Kier alpha value is -0.0800. The van der Waals surface area contributed by atoms with Crippen LogP contribution in [0, 0.1) is 0 Å². The molecule has 2 fully saturated rings. The summed E-state index contributed by atoms with van der Waals surface area (Å²) in [5, 5.41) is 3.48. The first kappa shape index (κ1) is 10.0. The van der Waals surface area contributed by atoms with Crippen LogP contribution in [0.25, 0.3) is 0 Å². The van der Waals surface area contributed by atoms with E-state index < -0.39 is 0 Å². The molecule has 1 N–H and O–H groups in total. The summed E-state index contributed by atoms with van der Waals surface area (Å²) in [4.78, 5) is 2.64. The summed E-state index contributed by atoms with van der Waals surface area (Å²) >= 11 is 0. The van der Waals surface area contributed by atoms with Crippen molar-refractivity contribution in [2.75, 3.05) is 26.2 Å². The molecule has 0 bridgehead atoms. The highest BCUT2D eigenvalue weighted by atomic mass is 15.2. The predicted molar refractivity (Wildman–Crippen MR) is 53.4 cm³/mol. The molecule has 0 saturated carbocycles. The van der Waals surface area contributed by atoms with Crippen molar-refractivity contribution in [1.82, 2.24) is 10.2 Å². The molecule has 0 aromatic rings. The maximum absolute atomic E-state index is 3.48. The fourth-order valence-electron chi connectivity index (χ4n) is 2.10. The van der Waals surface area contributed by atoms with E-state index in [9.17, 15) is 0 Å². The summed E-state index contributed by atoms with van der Waals surface area (Å²) in [5.74, 6) is 0. The van der Waals surface area contributed by atoms with Gasteiger partial charge in [0.2, 0.25) is 0 Å². The molecule has 2 aliphatic rings. The van der Waals surface area contributed by atoms with Crippen LogP contribution in [-0.4, -0.2) is 37.1 Å². The Morgan fingerprint density at radius 3 is 2.75 bits per heavy atom. The topological polar surface area (TPSA) is 15.3 Å². The SMILES string of the molecule is C1CNCC2CCCN2C1.CC. The Balaban J connectivity index is 0.000000336. The van der Waals surface area contributed by atoms with Gasteiger partial charge in [-0.1, -0.05) is 13.8 Å². The Labute approximate surface area is 76.3 Å². The Bertz CT molecular complexity index is 102. The Kier molecular flexibility index (Phi) is 4.62. The first-order chi connectivity index (χ1) is 5.97. The van der Waals surface area contributed by atoms with E-state index in [4.69, 9.17) is 0 Å². The molecule has 2 heterocycles. The van der Waals surface area contributed by atoms with Crippen molar-refractivity contribution >= 4 is 0 Å². The predicted octanol–water partition coefficient (Wildman–Crippen LogP) is 1.47. The van der Waals surface area contributed by atoms with E-state index in [2.05, 4.69) is 10.2 Å². The zero-order valence-electron chi connectivity index (χ0n) is 8.47. The zero-order valence-corrected chi connectivity index (χ0v) is 8.47. The second-order valence-corrected chi connectivity index (χ2v) is 3.39. The normalized spacial score (nSPS) is 30.0. The average Bonchev–Trinajstić information content (AvgIpc) is 2.46. The summed E-state index contributed by atoms with van der Waals surface area (Å²) in [5.41, 5.74) is 0. The van der Waals surface area contributed by atoms with Gasteiger partial charge in [0.25, 0.3) is 0 Å². The molecule has 0 aromatic heterocycles. The molecule has 72 valence electrons. The molecule has 0 radical (unpaired) electrons. The van der Waals surface area contributed by atoms with Gasteiger partial charge >= 0.3 is 0 Å². The van der Waals surface area contributed by atoms with E-state index in [0.29, 0.717) is 0 Å². The maximum atomic E-state index is 3.48. The lowest BCUT2D eigenvalue weighted by Crippen LogP contribution is -2.34. The number of fused-ring (bicyclic) bond motifs is 1. The fraction of sp³-hybridized carbons (Fsp3) is 1.00. The van der Waals surface area contributed by atoms with Crippen molar-refractivity contribution in [2.24, 2.45) is 0 Å². The lowest BCUT2D eigenvalue weighted by Gasteiger charge is -2.20. The van der Waals surface area contributed by atoms with Gasteiger partial charge in [0.15, 0.2) is 0 Å². The van der Waals surface area contributed by atoms with Crippen molar-refractivity contribution < 1.29 is 0 Å². The number of nitrogens with one attached hydrogen (secondary N) is 1. The smallest absolute Gasteiger partial charge is 0.0221 e. The lowest BCUT2D eigenvalue weighted by atomic mass is 10.2. The molecule has 1 unspecified atom stereocenters. The van der Waals surface area contributed by atoms with E-state index in [1.165, 1.54) is 45.4 Å². The van der Waals surface area contributed by atoms with Crippen LogP contribution in [0.2, 0.25) is 0 Å². The van der Waals surface area contributed by atoms with Crippen molar-refractivity contribution in [1.29, 1.82) is 0 Å². The summed E-state index contributed by atoms with van der Waals surface area (Å²) in [6.07, 6.45) is 4.19. The van der Waals surface area contributed by atoms with Gasteiger partial charge < -0.3 is 5.32 Å². The van der Waals surface area contributed by atoms with Crippen LogP contribution in [0.15, 0.2) is 0 Å². The van der Waals surface area contributed by atoms with Gasteiger partial charge in [0.1, 0.15) is 0 Å². The van der Waals surface area contributed by atoms with Gasteiger partial charge in [-0.25, -0.2) is 0 Å². The molecular weight excluding hydrogens is 148 g/mol. The van der Waals surface area contributed by atoms with Crippen LogP contribution in [-0.2, 0) is 0 Å². The van der Waals surface area contributed by atoms with Crippen molar-refractivity contribution in [2.45, 2.75) is 39.2 Å². The number of hydrogen-bond donors (Lipinski definition) is 1. The highest BCUT2D eigenvalue weighted by Gasteiger charge is 2.24. The van der Waals surface area contributed by atoms with Crippen LogP contribution in [0.5, 0.6) is 0 Å². The Morgan fingerprint density at radius 1 is 1.17 bits per heavy atom. The van der Waals surface area contributed by atoms with Crippen LogP contribution in [0.3, 0.4) is 0 Å². The lowest BCUT2D eigenvalue weighted by molar-refractivity contribution is 0.270. The minimum Gasteiger partial charge on any atom is -0.315 e. The van der Waals surface area contributed by atoms with E-state index >= 15 is 0 Å². The Morgan fingerprint density at radius 2 is 1.92 bits per heavy atom. The number of hydrogen-bond acceptors (Lipinski definition) is 2. The van der Waals surface area contributed by atoms with Gasteiger partial charge in [0.05, 0.1) is 0 Å². The van der Waals surface area contributed by atoms with Crippen molar-refractivity contribution in [3.05, 3.63) is 0 Å². The molecule has 0 spiro atoms. The van der Waals surface area contributed by atoms with Crippen LogP contribution in [0.1, 0.15) is 33.1 Å². The summed E-state index contributed by atoms with van der Waals surface area (Å²) in [7, 11) is 0. The van der Waals surface area contributed by atoms with Gasteiger partial charge in [-0.2, -0.15) is 0 Å². The summed E-state index contributed by atoms with van der Waals surface area (Å²) in [6.45, 7) is 9.15. The third-order valence-electron chi connectivity index (χ3n) is 2.68. The highest BCUT2D eigenvalue weighted by molar-refractivity contribution is 4.82. The second kappa shape index (κ2) is 5.55. The van der Waals surface area contributed by atoms with Gasteiger partial charge in [0, 0.05) is 12.6 Å². The molecule has 2 rings (SSSR count). The van der Waals surface area contributed by atoms with Gasteiger partial charge in [-0.15, -0.1) is 0 Å². The minimum atomic E-state index is 0.877. The van der Waals surface area contributed by atoms with Crippen molar-refractivity contribution in [3.8, 4) is 0 Å².